The lowest BCUT2D eigenvalue weighted by Crippen LogP contribution is -2.33. The van der Waals surface area contributed by atoms with Crippen molar-refractivity contribution in [3.63, 3.8) is 0 Å². The maximum atomic E-state index is 12.6. The first-order valence-electron chi connectivity index (χ1n) is 10.3. The number of amides is 1. The molecule has 2 N–H and O–H groups in total. The van der Waals surface area contributed by atoms with Crippen molar-refractivity contribution in [1.29, 1.82) is 0 Å². The molecule has 0 saturated heterocycles. The van der Waals surface area contributed by atoms with Crippen LogP contribution < -0.4 is 25.0 Å². The largest absolute Gasteiger partial charge is 0.493 e. The number of benzene rings is 2. The SMILES string of the molecule is CCOc1ccc(NC(=NC)NCCCC(=O)N2CCc3ccccc32)cc1OC. The van der Waals surface area contributed by atoms with Crippen molar-refractivity contribution < 1.29 is 14.3 Å². The Bertz CT molecular complexity index is 898. The van der Waals surface area contributed by atoms with Gasteiger partial charge in [0.25, 0.3) is 0 Å². The summed E-state index contributed by atoms with van der Waals surface area (Å²) in [5.41, 5.74) is 3.14. The average molecular weight is 411 g/mol. The number of methoxy groups -OCH3 is 1. The summed E-state index contributed by atoms with van der Waals surface area (Å²) in [7, 11) is 3.33. The lowest BCUT2D eigenvalue weighted by atomic mass is 10.2. The first-order valence-corrected chi connectivity index (χ1v) is 10.3. The standard InChI is InChI=1S/C23H30N4O3/c1-4-30-20-12-11-18(16-21(20)29-3)26-23(24-2)25-14-7-10-22(28)27-15-13-17-8-5-6-9-19(17)27/h5-6,8-9,11-12,16H,4,7,10,13-15H2,1-3H3,(H2,24,25,26). The topological polar surface area (TPSA) is 75.2 Å². The smallest absolute Gasteiger partial charge is 0.227 e. The van der Waals surface area contributed by atoms with E-state index >= 15 is 0 Å². The minimum atomic E-state index is 0.168. The number of anilines is 2. The van der Waals surface area contributed by atoms with Gasteiger partial charge in [-0.25, -0.2) is 0 Å². The second kappa shape index (κ2) is 10.5. The van der Waals surface area contributed by atoms with Crippen LogP contribution in [0, 0.1) is 0 Å². The van der Waals surface area contributed by atoms with Crippen LogP contribution in [0.15, 0.2) is 47.5 Å². The van der Waals surface area contributed by atoms with Gasteiger partial charge in [0.05, 0.1) is 13.7 Å². The summed E-state index contributed by atoms with van der Waals surface area (Å²) in [5.74, 6) is 2.17. The molecule has 160 valence electrons. The van der Waals surface area contributed by atoms with Crippen LogP contribution in [0.5, 0.6) is 11.5 Å². The van der Waals surface area contributed by atoms with Gasteiger partial charge in [-0.05, 0) is 43.5 Å². The van der Waals surface area contributed by atoms with E-state index in [0.29, 0.717) is 37.0 Å². The van der Waals surface area contributed by atoms with Crippen LogP contribution in [0.25, 0.3) is 0 Å². The van der Waals surface area contributed by atoms with Crippen LogP contribution in [-0.2, 0) is 11.2 Å². The van der Waals surface area contributed by atoms with Gasteiger partial charge >= 0.3 is 0 Å². The molecule has 1 heterocycles. The fraction of sp³-hybridized carbons (Fsp3) is 0.391. The van der Waals surface area contributed by atoms with Gasteiger partial charge < -0.3 is 25.0 Å². The van der Waals surface area contributed by atoms with Crippen LogP contribution in [0.4, 0.5) is 11.4 Å². The number of hydrogen-bond donors (Lipinski definition) is 2. The molecule has 30 heavy (non-hydrogen) atoms. The maximum Gasteiger partial charge on any atom is 0.227 e. The molecule has 0 aliphatic carbocycles. The van der Waals surface area contributed by atoms with E-state index in [1.54, 1.807) is 14.2 Å². The van der Waals surface area contributed by atoms with E-state index in [-0.39, 0.29) is 5.91 Å². The highest BCUT2D eigenvalue weighted by atomic mass is 16.5. The Balaban J connectivity index is 1.47. The monoisotopic (exact) mass is 410 g/mol. The van der Waals surface area contributed by atoms with E-state index in [0.717, 1.165) is 30.8 Å². The Morgan fingerprint density at radius 3 is 2.80 bits per heavy atom. The number of nitrogens with one attached hydrogen (secondary N) is 2. The number of rotatable bonds is 8. The third kappa shape index (κ3) is 5.23. The summed E-state index contributed by atoms with van der Waals surface area (Å²) in [5, 5.41) is 6.49. The van der Waals surface area contributed by atoms with Gasteiger partial charge in [-0.2, -0.15) is 0 Å². The zero-order valence-electron chi connectivity index (χ0n) is 17.9. The number of ether oxygens (including phenoxy) is 2. The summed E-state index contributed by atoms with van der Waals surface area (Å²) in [6.45, 7) is 3.93. The van der Waals surface area contributed by atoms with Gasteiger partial charge in [0, 0.05) is 44.0 Å². The van der Waals surface area contributed by atoms with Gasteiger partial charge in [0.1, 0.15) is 0 Å². The van der Waals surface area contributed by atoms with E-state index in [2.05, 4.69) is 21.7 Å². The van der Waals surface area contributed by atoms with Crippen molar-refractivity contribution in [1.82, 2.24) is 5.32 Å². The quantitative estimate of drug-likeness (QED) is 0.396. The molecular formula is C23H30N4O3. The minimum absolute atomic E-state index is 0.168. The molecule has 1 aliphatic rings. The highest BCUT2D eigenvalue weighted by Crippen LogP contribution is 2.30. The molecule has 1 amide bonds. The molecule has 0 bridgehead atoms. The average Bonchev–Trinajstić information content (AvgIpc) is 3.21. The molecule has 0 aromatic heterocycles. The lowest BCUT2D eigenvalue weighted by molar-refractivity contribution is -0.118. The summed E-state index contributed by atoms with van der Waals surface area (Å²) in [4.78, 5) is 18.7. The maximum absolute atomic E-state index is 12.6. The Hall–Kier alpha value is -3.22. The van der Waals surface area contributed by atoms with E-state index in [4.69, 9.17) is 9.47 Å². The van der Waals surface area contributed by atoms with Crippen molar-refractivity contribution in [2.75, 3.05) is 44.1 Å². The molecule has 7 nitrogen and oxygen atoms in total. The molecule has 0 saturated carbocycles. The van der Waals surface area contributed by atoms with Gasteiger partial charge in [0.15, 0.2) is 17.5 Å². The van der Waals surface area contributed by atoms with Crippen molar-refractivity contribution in [2.45, 2.75) is 26.2 Å². The number of fused-ring (bicyclic) bond motifs is 1. The van der Waals surface area contributed by atoms with Crippen LogP contribution >= 0.6 is 0 Å². The first kappa shape index (κ1) is 21.5. The second-order valence-electron chi connectivity index (χ2n) is 6.95. The summed E-state index contributed by atoms with van der Waals surface area (Å²) in [6.07, 6.45) is 2.16. The highest BCUT2D eigenvalue weighted by Gasteiger charge is 2.23. The molecular weight excluding hydrogens is 380 g/mol. The van der Waals surface area contributed by atoms with Gasteiger partial charge in [-0.15, -0.1) is 0 Å². The molecule has 0 fully saturated rings. The zero-order valence-corrected chi connectivity index (χ0v) is 17.9. The van der Waals surface area contributed by atoms with E-state index in [9.17, 15) is 4.79 Å². The highest BCUT2D eigenvalue weighted by molar-refractivity contribution is 5.96. The second-order valence-corrected chi connectivity index (χ2v) is 6.95. The first-order chi connectivity index (χ1) is 14.7. The predicted octanol–water partition coefficient (Wildman–Crippen LogP) is 3.45. The Labute approximate surface area is 178 Å². The molecule has 2 aromatic carbocycles. The molecule has 7 heteroatoms. The van der Waals surface area contributed by atoms with E-state index in [1.807, 2.05) is 48.2 Å². The number of nitrogens with zero attached hydrogens (tertiary/aromatic N) is 2. The number of aliphatic imine (C=N–C) groups is 1. The number of para-hydroxylation sites is 1. The molecule has 3 rings (SSSR count). The number of guanidine groups is 1. The van der Waals surface area contributed by atoms with Gasteiger partial charge in [0.2, 0.25) is 5.91 Å². The van der Waals surface area contributed by atoms with E-state index < -0.39 is 0 Å². The van der Waals surface area contributed by atoms with Crippen LogP contribution in [0.2, 0.25) is 0 Å². The Morgan fingerprint density at radius 1 is 1.20 bits per heavy atom. The minimum Gasteiger partial charge on any atom is -0.493 e. The van der Waals surface area contributed by atoms with Gasteiger partial charge in [-0.3, -0.25) is 9.79 Å². The number of carbonyl (C=O) groups excluding carboxylic acids is 1. The molecule has 1 aliphatic heterocycles. The van der Waals surface area contributed by atoms with Crippen LogP contribution in [0.1, 0.15) is 25.3 Å². The lowest BCUT2D eigenvalue weighted by Gasteiger charge is -2.18. The van der Waals surface area contributed by atoms with Crippen molar-refractivity contribution in [3.8, 4) is 11.5 Å². The third-order valence-electron chi connectivity index (χ3n) is 5.00. The summed E-state index contributed by atoms with van der Waals surface area (Å²) < 4.78 is 10.9. The van der Waals surface area contributed by atoms with Crippen molar-refractivity contribution in [2.24, 2.45) is 4.99 Å². The Kier molecular flexibility index (Phi) is 7.54. The molecule has 0 unspecified atom stereocenters. The van der Waals surface area contributed by atoms with Gasteiger partial charge in [-0.1, -0.05) is 18.2 Å². The zero-order chi connectivity index (χ0) is 21.3. The fourth-order valence-electron chi connectivity index (χ4n) is 3.51. The Morgan fingerprint density at radius 2 is 2.03 bits per heavy atom. The van der Waals surface area contributed by atoms with Crippen molar-refractivity contribution >= 4 is 23.2 Å². The summed E-state index contributed by atoms with van der Waals surface area (Å²) >= 11 is 0. The summed E-state index contributed by atoms with van der Waals surface area (Å²) in [6, 6.07) is 13.8. The number of carbonyl (C=O) groups is 1. The molecule has 0 spiro atoms. The molecule has 2 aromatic rings. The van der Waals surface area contributed by atoms with Crippen LogP contribution in [-0.4, -0.2) is 45.7 Å². The van der Waals surface area contributed by atoms with Crippen molar-refractivity contribution in [3.05, 3.63) is 48.0 Å². The number of hydrogen-bond acceptors (Lipinski definition) is 4. The predicted molar refractivity (Wildman–Crippen MR) is 121 cm³/mol. The normalized spacial score (nSPS) is 13.0. The van der Waals surface area contributed by atoms with E-state index in [1.165, 1.54) is 5.56 Å². The fourth-order valence-corrected chi connectivity index (χ4v) is 3.51. The van der Waals surface area contributed by atoms with Crippen LogP contribution in [0.3, 0.4) is 0 Å². The molecule has 0 atom stereocenters. The third-order valence-corrected chi connectivity index (χ3v) is 5.00. The molecule has 0 radical (unpaired) electrons.